The molecule has 1 aromatic carbocycles. The van der Waals surface area contributed by atoms with E-state index < -0.39 is 0 Å². The van der Waals surface area contributed by atoms with Crippen molar-refractivity contribution in [3.8, 4) is 0 Å². The zero-order valence-electron chi connectivity index (χ0n) is 10.3. The number of benzene rings is 1. The van der Waals surface area contributed by atoms with Crippen LogP contribution in [0, 0.1) is 0 Å². The Morgan fingerprint density at radius 2 is 1.94 bits per heavy atom. The van der Waals surface area contributed by atoms with Crippen molar-refractivity contribution < 1.29 is 4.79 Å². The SMILES string of the molecule is CCCCCNC(=O)CSc1c(Cl)cccc1Cl. The second kappa shape index (κ2) is 8.68. The summed E-state index contributed by atoms with van der Waals surface area (Å²) < 4.78 is 0. The molecule has 0 aliphatic rings. The van der Waals surface area contributed by atoms with Gasteiger partial charge in [0.2, 0.25) is 5.91 Å². The molecule has 1 aromatic rings. The number of rotatable bonds is 7. The molecule has 1 N–H and O–H groups in total. The molecule has 5 heteroatoms. The number of unbranched alkanes of at least 4 members (excludes halogenated alkanes) is 2. The third-order valence-corrected chi connectivity index (χ3v) is 4.36. The van der Waals surface area contributed by atoms with Gasteiger partial charge in [0, 0.05) is 11.4 Å². The molecule has 18 heavy (non-hydrogen) atoms. The number of carbonyl (C=O) groups is 1. The van der Waals surface area contributed by atoms with Crippen LogP contribution < -0.4 is 5.32 Å². The highest BCUT2D eigenvalue weighted by molar-refractivity contribution is 8.00. The maximum absolute atomic E-state index is 11.6. The number of hydrogen-bond donors (Lipinski definition) is 1. The molecule has 0 radical (unpaired) electrons. The summed E-state index contributed by atoms with van der Waals surface area (Å²) in [5, 5.41) is 4.06. The van der Waals surface area contributed by atoms with Gasteiger partial charge < -0.3 is 5.32 Å². The molecule has 0 atom stereocenters. The molecule has 0 aliphatic heterocycles. The number of nitrogens with one attached hydrogen (secondary N) is 1. The molecule has 0 bridgehead atoms. The maximum atomic E-state index is 11.6. The fourth-order valence-corrected chi connectivity index (χ4v) is 2.93. The lowest BCUT2D eigenvalue weighted by molar-refractivity contribution is -0.118. The molecule has 100 valence electrons. The van der Waals surface area contributed by atoms with E-state index in [9.17, 15) is 4.79 Å². The molecule has 2 nitrogen and oxygen atoms in total. The van der Waals surface area contributed by atoms with Crippen LogP contribution in [-0.4, -0.2) is 18.2 Å². The molecular weight excluding hydrogens is 289 g/mol. The molecule has 0 aromatic heterocycles. The standard InChI is InChI=1S/C13H17Cl2NOS/c1-2-3-4-8-16-12(17)9-18-13-10(14)6-5-7-11(13)15/h5-7H,2-4,8-9H2,1H3,(H,16,17). The topological polar surface area (TPSA) is 29.1 Å². The molecule has 0 saturated heterocycles. The van der Waals surface area contributed by atoms with Crippen LogP contribution in [0.2, 0.25) is 10.0 Å². The Morgan fingerprint density at radius 1 is 1.28 bits per heavy atom. The summed E-state index contributed by atoms with van der Waals surface area (Å²) in [6.07, 6.45) is 3.32. The lowest BCUT2D eigenvalue weighted by atomic mass is 10.2. The number of thioether (sulfide) groups is 1. The Kier molecular flexibility index (Phi) is 7.56. The summed E-state index contributed by atoms with van der Waals surface area (Å²) in [6.45, 7) is 2.88. The number of halogens is 2. The van der Waals surface area contributed by atoms with E-state index in [1.807, 2.05) is 0 Å². The van der Waals surface area contributed by atoms with Crippen LogP contribution in [-0.2, 0) is 4.79 Å². The van der Waals surface area contributed by atoms with Gasteiger partial charge in [0.05, 0.1) is 15.8 Å². The number of hydrogen-bond acceptors (Lipinski definition) is 2. The predicted molar refractivity (Wildman–Crippen MR) is 79.7 cm³/mol. The van der Waals surface area contributed by atoms with Crippen molar-refractivity contribution in [1.82, 2.24) is 5.32 Å². The smallest absolute Gasteiger partial charge is 0.230 e. The lowest BCUT2D eigenvalue weighted by Gasteiger charge is -2.07. The minimum Gasteiger partial charge on any atom is -0.355 e. The minimum absolute atomic E-state index is 0.0205. The van der Waals surface area contributed by atoms with Gasteiger partial charge in [0.25, 0.3) is 0 Å². The van der Waals surface area contributed by atoms with Gasteiger partial charge in [-0.15, -0.1) is 11.8 Å². The van der Waals surface area contributed by atoms with E-state index in [-0.39, 0.29) is 5.91 Å². The van der Waals surface area contributed by atoms with Gasteiger partial charge >= 0.3 is 0 Å². The lowest BCUT2D eigenvalue weighted by Crippen LogP contribution is -2.26. The normalized spacial score (nSPS) is 10.4. The first-order valence-electron chi connectivity index (χ1n) is 5.98. The minimum atomic E-state index is 0.0205. The van der Waals surface area contributed by atoms with Gasteiger partial charge in [-0.25, -0.2) is 0 Å². The van der Waals surface area contributed by atoms with E-state index >= 15 is 0 Å². The molecule has 0 spiro atoms. The zero-order chi connectivity index (χ0) is 13.4. The molecule has 1 rings (SSSR count). The third kappa shape index (κ3) is 5.51. The Bertz CT molecular complexity index is 378. The number of amides is 1. The van der Waals surface area contributed by atoms with Crippen LogP contribution in [0.15, 0.2) is 23.1 Å². The predicted octanol–water partition coefficient (Wildman–Crippen LogP) is 4.39. The van der Waals surface area contributed by atoms with Crippen molar-refractivity contribution in [2.45, 2.75) is 31.1 Å². The third-order valence-electron chi connectivity index (χ3n) is 2.37. The van der Waals surface area contributed by atoms with Crippen LogP contribution >= 0.6 is 35.0 Å². The van der Waals surface area contributed by atoms with Crippen molar-refractivity contribution >= 4 is 40.9 Å². The van der Waals surface area contributed by atoms with Gasteiger partial charge in [0.1, 0.15) is 0 Å². The summed E-state index contributed by atoms with van der Waals surface area (Å²) in [7, 11) is 0. The largest absolute Gasteiger partial charge is 0.355 e. The average molecular weight is 306 g/mol. The molecule has 0 heterocycles. The van der Waals surface area contributed by atoms with E-state index in [1.165, 1.54) is 11.8 Å². The summed E-state index contributed by atoms with van der Waals surface area (Å²) in [5.74, 6) is 0.363. The average Bonchev–Trinajstić information content (AvgIpc) is 2.34. The zero-order valence-corrected chi connectivity index (χ0v) is 12.7. The molecule has 0 unspecified atom stereocenters. The fraction of sp³-hybridized carbons (Fsp3) is 0.462. The van der Waals surface area contributed by atoms with Gasteiger partial charge in [-0.2, -0.15) is 0 Å². The first-order chi connectivity index (χ1) is 8.65. The monoisotopic (exact) mass is 305 g/mol. The van der Waals surface area contributed by atoms with E-state index in [1.54, 1.807) is 18.2 Å². The van der Waals surface area contributed by atoms with Crippen molar-refractivity contribution in [2.75, 3.05) is 12.3 Å². The summed E-state index contributed by atoms with van der Waals surface area (Å²) in [6, 6.07) is 5.34. The fourth-order valence-electron chi connectivity index (χ4n) is 1.41. The molecular formula is C13H17Cl2NOS. The van der Waals surface area contributed by atoms with Crippen LogP contribution in [0.4, 0.5) is 0 Å². The van der Waals surface area contributed by atoms with Gasteiger partial charge in [-0.1, -0.05) is 49.0 Å². The summed E-state index contributed by atoms with van der Waals surface area (Å²) in [5.41, 5.74) is 0. The first-order valence-corrected chi connectivity index (χ1v) is 7.72. The highest BCUT2D eigenvalue weighted by Crippen LogP contribution is 2.33. The number of carbonyl (C=O) groups excluding carboxylic acids is 1. The van der Waals surface area contributed by atoms with Crippen molar-refractivity contribution in [3.63, 3.8) is 0 Å². The summed E-state index contributed by atoms with van der Waals surface area (Å²) in [4.78, 5) is 12.4. The van der Waals surface area contributed by atoms with Crippen molar-refractivity contribution in [1.29, 1.82) is 0 Å². The second-order valence-corrected chi connectivity index (χ2v) is 5.70. The van der Waals surface area contributed by atoms with Crippen LogP contribution in [0.3, 0.4) is 0 Å². The van der Waals surface area contributed by atoms with Crippen molar-refractivity contribution in [3.05, 3.63) is 28.2 Å². The molecule has 0 aliphatic carbocycles. The first kappa shape index (κ1) is 15.7. The summed E-state index contributed by atoms with van der Waals surface area (Å²) >= 11 is 13.4. The van der Waals surface area contributed by atoms with E-state index in [4.69, 9.17) is 23.2 Å². The van der Waals surface area contributed by atoms with Gasteiger partial charge in [-0.3, -0.25) is 4.79 Å². The maximum Gasteiger partial charge on any atom is 0.230 e. The Labute approximate surface area is 122 Å². The van der Waals surface area contributed by atoms with Crippen LogP contribution in [0.1, 0.15) is 26.2 Å². The van der Waals surface area contributed by atoms with Gasteiger partial charge in [-0.05, 0) is 18.6 Å². The Morgan fingerprint density at radius 3 is 2.56 bits per heavy atom. The van der Waals surface area contributed by atoms with E-state index in [0.717, 1.165) is 30.7 Å². The Balaban J connectivity index is 2.34. The highest BCUT2D eigenvalue weighted by atomic mass is 35.5. The molecule has 0 saturated carbocycles. The van der Waals surface area contributed by atoms with E-state index in [2.05, 4.69) is 12.2 Å². The van der Waals surface area contributed by atoms with Crippen LogP contribution in [0.5, 0.6) is 0 Å². The second-order valence-electron chi connectivity index (χ2n) is 3.90. The molecule has 1 amide bonds. The van der Waals surface area contributed by atoms with E-state index in [0.29, 0.717) is 15.8 Å². The quantitative estimate of drug-likeness (QED) is 0.598. The van der Waals surface area contributed by atoms with Crippen molar-refractivity contribution in [2.24, 2.45) is 0 Å². The molecule has 0 fully saturated rings. The van der Waals surface area contributed by atoms with Crippen LogP contribution in [0.25, 0.3) is 0 Å². The van der Waals surface area contributed by atoms with Gasteiger partial charge in [0.15, 0.2) is 0 Å². The Hall–Kier alpha value is -0.380. The highest BCUT2D eigenvalue weighted by Gasteiger charge is 2.08.